The van der Waals surface area contributed by atoms with Crippen LogP contribution in [-0.2, 0) is 10.7 Å². The van der Waals surface area contributed by atoms with Crippen molar-refractivity contribution in [1.29, 1.82) is 0 Å². The normalized spacial score (nSPS) is 25.5. The third-order valence-electron chi connectivity index (χ3n) is 8.96. The number of carbonyl (C=O) groups excluding carboxylic acids is 2. The van der Waals surface area contributed by atoms with Crippen LogP contribution >= 0.6 is 11.3 Å². The Morgan fingerprint density at radius 1 is 1.02 bits per heavy atom. The molecule has 3 fully saturated rings. The zero-order valence-corrected chi connectivity index (χ0v) is 25.8. The number of alkyl halides is 2. The van der Waals surface area contributed by atoms with Crippen molar-refractivity contribution in [2.24, 2.45) is 0 Å². The number of hydrogen-bond acceptors (Lipinski definition) is 6. The number of halogens is 2. The molecule has 4 unspecified atom stereocenters. The minimum Gasteiger partial charge on any atom is -0.444 e. The molecular weight excluding hydrogens is 558 g/mol. The number of nitrogens with zero attached hydrogens (tertiary/aromatic N) is 4. The van der Waals surface area contributed by atoms with Gasteiger partial charge in [0.25, 0.3) is 11.8 Å². The number of benzene rings is 1. The molecule has 2 bridgehead atoms. The molecule has 1 aliphatic carbocycles. The number of carbonyl (C=O) groups is 2. The van der Waals surface area contributed by atoms with Gasteiger partial charge in [-0.1, -0.05) is 6.07 Å². The van der Waals surface area contributed by atoms with Gasteiger partial charge in [-0.05, 0) is 94.9 Å². The third-order valence-corrected chi connectivity index (χ3v) is 9.77. The molecule has 10 heteroatoms. The molecule has 0 N–H and O–H groups in total. The molecule has 3 aliphatic rings. The summed E-state index contributed by atoms with van der Waals surface area (Å²) in [5, 5.41) is 2.97. The Morgan fingerprint density at radius 3 is 2.36 bits per heavy atom. The summed E-state index contributed by atoms with van der Waals surface area (Å²) in [6.07, 6.45) is 3.46. The van der Waals surface area contributed by atoms with Gasteiger partial charge in [0.1, 0.15) is 16.3 Å². The van der Waals surface area contributed by atoms with E-state index in [1.165, 1.54) is 6.07 Å². The van der Waals surface area contributed by atoms with Crippen molar-refractivity contribution in [1.82, 2.24) is 19.8 Å². The topological polar surface area (TPSA) is 75.6 Å². The van der Waals surface area contributed by atoms with Crippen LogP contribution in [0.4, 0.5) is 13.6 Å². The Balaban J connectivity index is 1.20. The monoisotopic (exact) mass is 596 g/mol. The number of rotatable bonds is 5. The summed E-state index contributed by atoms with van der Waals surface area (Å²) < 4.78 is 35.7. The fourth-order valence-electron chi connectivity index (χ4n) is 6.95. The molecule has 6 rings (SSSR count). The van der Waals surface area contributed by atoms with Crippen molar-refractivity contribution < 1.29 is 23.1 Å². The van der Waals surface area contributed by atoms with Gasteiger partial charge in [0.2, 0.25) is 0 Å². The predicted molar refractivity (Wildman–Crippen MR) is 158 cm³/mol. The summed E-state index contributed by atoms with van der Waals surface area (Å²) in [5.41, 5.74) is 1.09. The molecule has 7 nitrogen and oxygen atoms in total. The number of aryl methyl sites for hydroxylation is 1. The van der Waals surface area contributed by atoms with Crippen molar-refractivity contribution in [3.8, 4) is 0 Å². The highest BCUT2D eigenvalue weighted by Crippen LogP contribution is 2.57. The highest BCUT2D eigenvalue weighted by Gasteiger charge is 2.47. The lowest BCUT2D eigenvalue weighted by atomic mass is 9.93. The molecule has 1 saturated carbocycles. The summed E-state index contributed by atoms with van der Waals surface area (Å²) in [6, 6.07) is 6.72. The van der Waals surface area contributed by atoms with E-state index < -0.39 is 11.5 Å². The molecular formula is C32H38F2N4O3S. The summed E-state index contributed by atoms with van der Waals surface area (Å²) in [7, 11) is 1.74. The highest BCUT2D eigenvalue weighted by molar-refractivity contribution is 7.16. The highest BCUT2D eigenvalue weighted by atomic mass is 32.1. The third kappa shape index (κ3) is 5.38. The Morgan fingerprint density at radius 2 is 1.71 bits per heavy atom. The van der Waals surface area contributed by atoms with Crippen LogP contribution in [0.25, 0.3) is 10.2 Å². The maximum absolute atomic E-state index is 15.0. The first kappa shape index (κ1) is 29.0. The first-order valence-electron chi connectivity index (χ1n) is 14.7. The Labute approximate surface area is 249 Å². The fraction of sp³-hybridized carbons (Fsp3) is 0.562. The van der Waals surface area contributed by atoms with Crippen LogP contribution in [0.15, 0.2) is 29.6 Å². The van der Waals surface area contributed by atoms with E-state index in [-0.39, 0.29) is 53.1 Å². The van der Waals surface area contributed by atoms with E-state index in [1.54, 1.807) is 35.4 Å². The molecule has 4 heterocycles. The van der Waals surface area contributed by atoms with Crippen molar-refractivity contribution in [3.63, 3.8) is 0 Å². The van der Waals surface area contributed by atoms with Gasteiger partial charge in [0, 0.05) is 54.5 Å². The van der Waals surface area contributed by atoms with E-state index in [0.29, 0.717) is 24.2 Å². The molecule has 2 amide bonds. The SMILES string of the molecule is Cc1nc(C2CC2c2ccc(C(=O)N(C)C3CC4CCC(C3)N4C(=O)OC(C)(C)C)cc2C(C)(F)F)c2ccsc2n1. The van der Waals surface area contributed by atoms with Crippen LogP contribution in [0.5, 0.6) is 0 Å². The second kappa shape index (κ2) is 10.2. The molecule has 0 spiro atoms. The van der Waals surface area contributed by atoms with Gasteiger partial charge in [-0.3, -0.25) is 4.79 Å². The van der Waals surface area contributed by atoms with E-state index in [2.05, 4.69) is 9.97 Å². The zero-order valence-electron chi connectivity index (χ0n) is 25.0. The Kier molecular flexibility index (Phi) is 7.06. The first-order valence-corrected chi connectivity index (χ1v) is 15.6. The van der Waals surface area contributed by atoms with Crippen LogP contribution in [0, 0.1) is 6.92 Å². The number of amides is 2. The van der Waals surface area contributed by atoms with E-state index in [0.717, 1.165) is 42.1 Å². The second-order valence-corrected chi connectivity index (χ2v) is 14.1. The number of fused-ring (bicyclic) bond motifs is 3. The van der Waals surface area contributed by atoms with Gasteiger partial charge >= 0.3 is 6.09 Å². The second-order valence-electron chi connectivity index (χ2n) is 13.2. The fourth-order valence-corrected chi connectivity index (χ4v) is 7.77. The maximum atomic E-state index is 15.0. The van der Waals surface area contributed by atoms with E-state index in [4.69, 9.17) is 4.74 Å². The number of aromatic nitrogens is 2. The van der Waals surface area contributed by atoms with E-state index in [9.17, 15) is 9.59 Å². The molecule has 2 aromatic heterocycles. The summed E-state index contributed by atoms with van der Waals surface area (Å²) in [5.74, 6) is -2.74. The Bertz CT molecular complexity index is 1530. The minimum absolute atomic E-state index is 0.00342. The molecule has 224 valence electrons. The van der Waals surface area contributed by atoms with Crippen LogP contribution < -0.4 is 0 Å². The number of hydrogen-bond donors (Lipinski definition) is 0. The average molecular weight is 597 g/mol. The summed E-state index contributed by atoms with van der Waals surface area (Å²) in [6.45, 7) is 8.32. The van der Waals surface area contributed by atoms with Crippen LogP contribution in [-0.4, -0.2) is 62.5 Å². The average Bonchev–Trinajstić information content (AvgIpc) is 3.47. The quantitative estimate of drug-likeness (QED) is 0.307. The Hall–Kier alpha value is -3.14. The van der Waals surface area contributed by atoms with Crippen LogP contribution in [0.2, 0.25) is 0 Å². The zero-order chi connectivity index (χ0) is 30.1. The molecule has 4 atom stereocenters. The van der Waals surface area contributed by atoms with Crippen LogP contribution in [0.3, 0.4) is 0 Å². The summed E-state index contributed by atoms with van der Waals surface area (Å²) >= 11 is 1.55. The van der Waals surface area contributed by atoms with Crippen LogP contribution in [0.1, 0.15) is 105 Å². The van der Waals surface area contributed by atoms with Gasteiger partial charge in [-0.15, -0.1) is 11.3 Å². The molecule has 1 aromatic carbocycles. The number of piperidine rings is 1. The molecule has 2 aliphatic heterocycles. The van der Waals surface area contributed by atoms with Crippen molar-refractivity contribution in [2.75, 3.05) is 7.05 Å². The molecule has 0 radical (unpaired) electrons. The van der Waals surface area contributed by atoms with Gasteiger partial charge in [-0.25, -0.2) is 23.5 Å². The molecule has 42 heavy (non-hydrogen) atoms. The summed E-state index contributed by atoms with van der Waals surface area (Å²) in [4.78, 5) is 40.2. The van der Waals surface area contributed by atoms with E-state index in [1.807, 2.05) is 44.0 Å². The van der Waals surface area contributed by atoms with E-state index >= 15 is 8.78 Å². The van der Waals surface area contributed by atoms with Crippen molar-refractivity contribution >= 4 is 33.6 Å². The van der Waals surface area contributed by atoms with Crippen molar-refractivity contribution in [2.45, 2.75) is 108 Å². The number of ether oxygens (including phenoxy) is 1. The van der Waals surface area contributed by atoms with Gasteiger partial charge in [-0.2, -0.15) is 0 Å². The standard InChI is InChI=1S/C32H38F2N4O3S/c1-17-35-27(23-11-12-42-28(23)36-17)25-16-24(25)22-10-7-18(13-26(22)32(5,33)34)29(39)37(6)21-14-19-8-9-20(15-21)38(19)30(40)41-31(2,3)4/h7,10-13,19-21,24-25H,8-9,14-16H2,1-6H3. The lowest BCUT2D eigenvalue weighted by molar-refractivity contribution is -0.00112. The minimum atomic E-state index is -3.10. The van der Waals surface area contributed by atoms with Crippen molar-refractivity contribution in [3.05, 3.63) is 57.9 Å². The lowest BCUT2D eigenvalue weighted by Gasteiger charge is -2.42. The lowest BCUT2D eigenvalue weighted by Crippen LogP contribution is -2.53. The maximum Gasteiger partial charge on any atom is 0.410 e. The van der Waals surface area contributed by atoms with Gasteiger partial charge in [0.15, 0.2) is 0 Å². The molecule has 2 saturated heterocycles. The smallest absolute Gasteiger partial charge is 0.410 e. The predicted octanol–water partition coefficient (Wildman–Crippen LogP) is 7.39. The largest absolute Gasteiger partial charge is 0.444 e. The number of thiophene rings is 1. The first-order chi connectivity index (χ1) is 19.7. The molecule has 3 aromatic rings. The van der Waals surface area contributed by atoms with Gasteiger partial charge in [0.05, 0.1) is 5.69 Å². The van der Waals surface area contributed by atoms with Gasteiger partial charge < -0.3 is 14.5 Å².